The molecule has 3 rings (SSSR count). The van der Waals surface area contributed by atoms with Gasteiger partial charge in [-0.2, -0.15) is 5.10 Å². The lowest BCUT2D eigenvalue weighted by atomic mass is 10.1. The van der Waals surface area contributed by atoms with Crippen molar-refractivity contribution in [2.45, 2.75) is 6.54 Å². The van der Waals surface area contributed by atoms with Crippen molar-refractivity contribution < 1.29 is 19.0 Å². The summed E-state index contributed by atoms with van der Waals surface area (Å²) < 4.78 is 17.6. The second kappa shape index (κ2) is 9.89. The highest BCUT2D eigenvalue weighted by Gasteiger charge is 2.22. The molecule has 1 aromatic carbocycles. The van der Waals surface area contributed by atoms with Gasteiger partial charge in [-0.05, 0) is 42.0 Å². The zero-order chi connectivity index (χ0) is 21.5. The number of rotatable bonds is 9. The van der Waals surface area contributed by atoms with Crippen LogP contribution in [0, 0.1) is 0 Å². The number of aromatic nitrogens is 3. The lowest BCUT2D eigenvalue weighted by molar-refractivity contribution is 0.0669. The van der Waals surface area contributed by atoms with Crippen molar-refractivity contribution in [3.05, 3.63) is 60.0 Å². The first kappa shape index (κ1) is 21.3. The number of methoxy groups -OCH3 is 3. The SMILES string of the molecule is COCCN(Cc1ccncc1)C(=O)c1cc(-c2cc(OC)ccc2OC)nn1C. The van der Waals surface area contributed by atoms with Gasteiger partial charge in [-0.1, -0.05) is 0 Å². The van der Waals surface area contributed by atoms with Crippen LogP contribution in [0.3, 0.4) is 0 Å². The monoisotopic (exact) mass is 410 g/mol. The molecule has 0 saturated heterocycles. The quantitative estimate of drug-likeness (QED) is 0.540. The van der Waals surface area contributed by atoms with Crippen molar-refractivity contribution in [1.82, 2.24) is 19.7 Å². The van der Waals surface area contributed by atoms with Crippen LogP contribution in [-0.4, -0.2) is 60.1 Å². The molecule has 30 heavy (non-hydrogen) atoms. The van der Waals surface area contributed by atoms with Gasteiger partial charge in [0.1, 0.15) is 17.2 Å². The first-order valence-electron chi connectivity index (χ1n) is 9.51. The number of hydrogen-bond donors (Lipinski definition) is 0. The number of amides is 1. The molecular formula is C22H26N4O4. The van der Waals surface area contributed by atoms with Gasteiger partial charge in [-0.25, -0.2) is 0 Å². The molecule has 0 aliphatic carbocycles. The summed E-state index contributed by atoms with van der Waals surface area (Å²) in [5, 5.41) is 4.55. The van der Waals surface area contributed by atoms with Gasteiger partial charge in [-0.3, -0.25) is 14.5 Å². The molecule has 158 valence electrons. The summed E-state index contributed by atoms with van der Waals surface area (Å²) in [6, 6.07) is 11.0. The Morgan fingerprint density at radius 2 is 1.83 bits per heavy atom. The van der Waals surface area contributed by atoms with E-state index >= 15 is 0 Å². The van der Waals surface area contributed by atoms with Gasteiger partial charge in [0, 0.05) is 45.2 Å². The summed E-state index contributed by atoms with van der Waals surface area (Å²) in [4.78, 5) is 19.1. The molecule has 0 saturated carbocycles. The predicted molar refractivity (Wildman–Crippen MR) is 113 cm³/mol. The molecule has 2 aromatic heterocycles. The average molecular weight is 410 g/mol. The molecule has 0 N–H and O–H groups in total. The molecule has 2 heterocycles. The Balaban J connectivity index is 1.93. The molecule has 0 atom stereocenters. The van der Waals surface area contributed by atoms with Gasteiger partial charge in [-0.15, -0.1) is 0 Å². The number of aryl methyl sites for hydroxylation is 1. The van der Waals surface area contributed by atoms with Gasteiger partial charge in [0.15, 0.2) is 0 Å². The van der Waals surface area contributed by atoms with E-state index in [9.17, 15) is 4.79 Å². The topological polar surface area (TPSA) is 78.7 Å². The Hall–Kier alpha value is -3.39. The van der Waals surface area contributed by atoms with Crippen molar-refractivity contribution >= 4 is 5.91 Å². The maximum atomic E-state index is 13.3. The molecule has 3 aromatic rings. The van der Waals surface area contributed by atoms with Crippen LogP contribution in [0.15, 0.2) is 48.8 Å². The first-order valence-corrected chi connectivity index (χ1v) is 9.51. The Morgan fingerprint density at radius 3 is 2.50 bits per heavy atom. The van der Waals surface area contributed by atoms with E-state index in [1.807, 2.05) is 30.3 Å². The van der Waals surface area contributed by atoms with Gasteiger partial charge >= 0.3 is 0 Å². The fraction of sp³-hybridized carbons (Fsp3) is 0.318. The van der Waals surface area contributed by atoms with Crippen LogP contribution >= 0.6 is 0 Å². The van der Waals surface area contributed by atoms with Crippen LogP contribution in [0.4, 0.5) is 0 Å². The fourth-order valence-corrected chi connectivity index (χ4v) is 3.14. The van der Waals surface area contributed by atoms with Gasteiger partial charge in [0.05, 0.1) is 26.5 Å². The summed E-state index contributed by atoms with van der Waals surface area (Å²) in [5.41, 5.74) is 2.85. The third kappa shape index (κ3) is 4.77. The van der Waals surface area contributed by atoms with E-state index < -0.39 is 0 Å². The highest BCUT2D eigenvalue weighted by atomic mass is 16.5. The largest absolute Gasteiger partial charge is 0.497 e. The molecule has 0 aliphatic rings. The van der Waals surface area contributed by atoms with Crippen molar-refractivity contribution in [2.75, 3.05) is 34.5 Å². The molecule has 0 spiro atoms. The van der Waals surface area contributed by atoms with E-state index in [-0.39, 0.29) is 5.91 Å². The number of benzene rings is 1. The van der Waals surface area contributed by atoms with Crippen LogP contribution in [0.1, 0.15) is 16.1 Å². The third-order valence-corrected chi connectivity index (χ3v) is 4.76. The Bertz CT molecular complexity index is 988. The Labute approximate surface area is 176 Å². The normalized spacial score (nSPS) is 10.7. The van der Waals surface area contributed by atoms with Crippen LogP contribution in [0.2, 0.25) is 0 Å². The standard InChI is InChI=1S/C22H26N4O4/c1-25-20(14-19(24-25)18-13-17(29-3)5-6-21(18)30-4)22(27)26(11-12-28-2)15-16-7-9-23-10-8-16/h5-10,13-14H,11-12,15H2,1-4H3. The molecule has 0 fully saturated rings. The molecule has 8 nitrogen and oxygen atoms in total. The number of ether oxygens (including phenoxy) is 3. The predicted octanol–water partition coefficient (Wildman–Crippen LogP) is 2.79. The highest BCUT2D eigenvalue weighted by Crippen LogP contribution is 2.33. The van der Waals surface area contributed by atoms with Crippen LogP contribution in [-0.2, 0) is 18.3 Å². The molecule has 0 bridgehead atoms. The van der Waals surface area contributed by atoms with Gasteiger partial charge in [0.25, 0.3) is 5.91 Å². The second-order valence-electron chi connectivity index (χ2n) is 6.68. The van der Waals surface area contributed by atoms with E-state index in [4.69, 9.17) is 14.2 Å². The highest BCUT2D eigenvalue weighted by molar-refractivity contribution is 5.94. The minimum absolute atomic E-state index is 0.132. The van der Waals surface area contributed by atoms with Crippen LogP contribution in [0.5, 0.6) is 11.5 Å². The number of carbonyl (C=O) groups is 1. The minimum Gasteiger partial charge on any atom is -0.497 e. The van der Waals surface area contributed by atoms with E-state index in [1.54, 1.807) is 56.4 Å². The number of hydrogen-bond acceptors (Lipinski definition) is 6. The molecule has 1 amide bonds. The smallest absolute Gasteiger partial charge is 0.272 e. The Morgan fingerprint density at radius 1 is 1.07 bits per heavy atom. The summed E-state index contributed by atoms with van der Waals surface area (Å²) >= 11 is 0. The van der Waals surface area contributed by atoms with Crippen molar-refractivity contribution in [1.29, 1.82) is 0 Å². The number of nitrogens with zero attached hydrogens (tertiary/aromatic N) is 4. The average Bonchev–Trinajstić information content (AvgIpc) is 3.17. The molecule has 0 radical (unpaired) electrons. The summed E-state index contributed by atoms with van der Waals surface area (Å²) in [5.74, 6) is 1.21. The molecule has 0 aliphatic heterocycles. The van der Waals surface area contributed by atoms with Gasteiger partial charge < -0.3 is 19.1 Å². The third-order valence-electron chi connectivity index (χ3n) is 4.76. The lowest BCUT2D eigenvalue weighted by Crippen LogP contribution is -2.34. The fourth-order valence-electron chi connectivity index (χ4n) is 3.14. The molecule has 0 unspecified atom stereocenters. The van der Waals surface area contributed by atoms with E-state index in [1.165, 1.54) is 0 Å². The minimum atomic E-state index is -0.132. The van der Waals surface area contributed by atoms with Crippen LogP contribution < -0.4 is 9.47 Å². The lowest BCUT2D eigenvalue weighted by Gasteiger charge is -2.22. The summed E-state index contributed by atoms with van der Waals surface area (Å²) in [6.45, 7) is 1.35. The van der Waals surface area contributed by atoms with E-state index in [2.05, 4.69) is 10.1 Å². The van der Waals surface area contributed by atoms with Gasteiger partial charge in [0.2, 0.25) is 0 Å². The second-order valence-corrected chi connectivity index (χ2v) is 6.68. The van der Waals surface area contributed by atoms with Crippen molar-refractivity contribution in [2.24, 2.45) is 7.05 Å². The zero-order valence-electron chi connectivity index (χ0n) is 17.7. The summed E-state index contributed by atoms with van der Waals surface area (Å²) in [7, 11) is 6.57. The molecular weight excluding hydrogens is 384 g/mol. The zero-order valence-corrected chi connectivity index (χ0v) is 17.7. The first-order chi connectivity index (χ1) is 14.6. The maximum Gasteiger partial charge on any atom is 0.272 e. The summed E-state index contributed by atoms with van der Waals surface area (Å²) in [6.07, 6.45) is 3.43. The number of pyridine rings is 1. The van der Waals surface area contributed by atoms with E-state index in [0.717, 1.165) is 11.1 Å². The number of carbonyl (C=O) groups excluding carboxylic acids is 1. The van der Waals surface area contributed by atoms with Crippen molar-refractivity contribution in [3.63, 3.8) is 0 Å². The Kier molecular flexibility index (Phi) is 7.03. The molecule has 8 heteroatoms. The van der Waals surface area contributed by atoms with Crippen molar-refractivity contribution in [3.8, 4) is 22.8 Å². The maximum absolute atomic E-state index is 13.3. The van der Waals surface area contributed by atoms with Crippen LogP contribution in [0.25, 0.3) is 11.3 Å². The van der Waals surface area contributed by atoms with E-state index in [0.29, 0.717) is 42.6 Å².